The van der Waals surface area contributed by atoms with Crippen LogP contribution in [0.1, 0.15) is 12.5 Å². The number of aliphatic imine (C=N–C) groups is 1. The average molecular weight is 160 g/mol. The Morgan fingerprint density at radius 2 is 2.00 bits per heavy atom. The predicted octanol–water partition coefficient (Wildman–Crippen LogP) is 2.33. The maximum absolute atomic E-state index is 5.53. The summed E-state index contributed by atoms with van der Waals surface area (Å²) in [6.07, 6.45) is 1.72. The van der Waals surface area contributed by atoms with Gasteiger partial charge in [0.1, 0.15) is 0 Å². The Morgan fingerprint density at radius 1 is 1.42 bits per heavy atom. The van der Waals surface area contributed by atoms with Crippen molar-refractivity contribution >= 4 is 17.6 Å². The molecule has 0 saturated carbocycles. The molecule has 0 amide bonds. The van der Waals surface area contributed by atoms with Gasteiger partial charge in [0.25, 0.3) is 0 Å². The van der Waals surface area contributed by atoms with Gasteiger partial charge < -0.3 is 5.73 Å². The topological polar surface area (TPSA) is 38.4 Å². The minimum absolute atomic E-state index is 0.757. The van der Waals surface area contributed by atoms with E-state index in [9.17, 15) is 0 Å². The van der Waals surface area contributed by atoms with Crippen LogP contribution in [0.5, 0.6) is 0 Å². The Bertz CT molecular complexity index is 296. The third kappa shape index (κ3) is 1.95. The van der Waals surface area contributed by atoms with Crippen LogP contribution >= 0.6 is 0 Å². The minimum atomic E-state index is 0.757. The highest BCUT2D eigenvalue weighted by Crippen LogP contribution is 2.14. The molecule has 2 N–H and O–H groups in total. The molecule has 0 aliphatic carbocycles. The first-order valence-electron chi connectivity index (χ1n) is 3.77. The lowest BCUT2D eigenvalue weighted by Gasteiger charge is -1.99. The molecule has 0 saturated heterocycles. The molecule has 0 aliphatic rings. The smallest absolute Gasteiger partial charge is 0.0626 e. The van der Waals surface area contributed by atoms with E-state index in [0.717, 1.165) is 16.9 Å². The molecule has 0 spiro atoms. The first kappa shape index (κ1) is 8.53. The van der Waals surface area contributed by atoms with Crippen LogP contribution in [0.25, 0.3) is 5.70 Å². The maximum Gasteiger partial charge on any atom is 0.0626 e. The SMILES string of the molecule is C=C(N=CC)c1ccc(N)cc1. The van der Waals surface area contributed by atoms with Crippen LogP contribution < -0.4 is 5.73 Å². The third-order valence-corrected chi connectivity index (χ3v) is 1.53. The van der Waals surface area contributed by atoms with Crippen molar-refractivity contribution in [2.75, 3.05) is 5.73 Å². The third-order valence-electron chi connectivity index (χ3n) is 1.53. The van der Waals surface area contributed by atoms with Gasteiger partial charge in [-0.2, -0.15) is 0 Å². The van der Waals surface area contributed by atoms with Crippen molar-refractivity contribution in [3.63, 3.8) is 0 Å². The van der Waals surface area contributed by atoms with E-state index in [1.54, 1.807) is 6.21 Å². The molecule has 0 aliphatic heterocycles. The van der Waals surface area contributed by atoms with Crippen LogP contribution in [-0.4, -0.2) is 6.21 Å². The number of rotatable bonds is 2. The van der Waals surface area contributed by atoms with Crippen molar-refractivity contribution in [2.24, 2.45) is 4.99 Å². The highest BCUT2D eigenvalue weighted by molar-refractivity contribution is 5.71. The van der Waals surface area contributed by atoms with Crippen LogP contribution in [0.3, 0.4) is 0 Å². The molecule has 0 fully saturated rings. The van der Waals surface area contributed by atoms with Gasteiger partial charge in [0.05, 0.1) is 5.70 Å². The molecular weight excluding hydrogens is 148 g/mol. The Balaban J connectivity index is 2.90. The molecule has 1 rings (SSSR count). The number of anilines is 1. The van der Waals surface area contributed by atoms with E-state index in [0.29, 0.717) is 0 Å². The van der Waals surface area contributed by atoms with Crippen LogP contribution in [0, 0.1) is 0 Å². The molecular formula is C10H12N2. The highest BCUT2D eigenvalue weighted by Gasteiger charge is 1.93. The summed E-state index contributed by atoms with van der Waals surface area (Å²) >= 11 is 0. The summed E-state index contributed by atoms with van der Waals surface area (Å²) in [6.45, 7) is 5.67. The Morgan fingerprint density at radius 3 is 2.50 bits per heavy atom. The van der Waals surface area contributed by atoms with Crippen molar-refractivity contribution in [1.29, 1.82) is 0 Å². The van der Waals surface area contributed by atoms with Gasteiger partial charge in [-0.15, -0.1) is 0 Å². The zero-order valence-electron chi connectivity index (χ0n) is 7.12. The average Bonchev–Trinajstić information content (AvgIpc) is 2.06. The summed E-state index contributed by atoms with van der Waals surface area (Å²) in [5, 5.41) is 0. The van der Waals surface area contributed by atoms with Gasteiger partial charge in [0.15, 0.2) is 0 Å². The van der Waals surface area contributed by atoms with Crippen molar-refractivity contribution in [1.82, 2.24) is 0 Å². The minimum Gasteiger partial charge on any atom is -0.399 e. The fourth-order valence-electron chi connectivity index (χ4n) is 0.906. The summed E-state index contributed by atoms with van der Waals surface area (Å²) in [7, 11) is 0. The molecule has 62 valence electrons. The summed E-state index contributed by atoms with van der Waals surface area (Å²) in [5.41, 5.74) is 8.05. The van der Waals surface area contributed by atoms with Crippen molar-refractivity contribution in [2.45, 2.75) is 6.92 Å². The van der Waals surface area contributed by atoms with Gasteiger partial charge in [-0.25, -0.2) is 0 Å². The lowest BCUT2D eigenvalue weighted by Crippen LogP contribution is -1.84. The van der Waals surface area contributed by atoms with Crippen molar-refractivity contribution < 1.29 is 0 Å². The normalized spacial score (nSPS) is 10.4. The van der Waals surface area contributed by atoms with E-state index in [1.165, 1.54) is 0 Å². The number of nitrogens with zero attached hydrogens (tertiary/aromatic N) is 1. The van der Waals surface area contributed by atoms with E-state index in [4.69, 9.17) is 5.73 Å². The van der Waals surface area contributed by atoms with Gasteiger partial charge >= 0.3 is 0 Å². The fraction of sp³-hybridized carbons (Fsp3) is 0.100. The second-order valence-electron chi connectivity index (χ2n) is 2.46. The van der Waals surface area contributed by atoms with Gasteiger partial charge in [0.2, 0.25) is 0 Å². The lowest BCUT2D eigenvalue weighted by atomic mass is 10.1. The van der Waals surface area contributed by atoms with Gasteiger partial charge in [-0.1, -0.05) is 18.7 Å². The molecule has 1 aromatic carbocycles. The molecule has 0 aromatic heterocycles. The summed E-state index contributed by atoms with van der Waals surface area (Å²) < 4.78 is 0. The summed E-state index contributed by atoms with van der Waals surface area (Å²) in [4.78, 5) is 4.06. The predicted molar refractivity (Wildman–Crippen MR) is 54.1 cm³/mol. The van der Waals surface area contributed by atoms with Crippen LogP contribution in [-0.2, 0) is 0 Å². The van der Waals surface area contributed by atoms with Crippen molar-refractivity contribution in [3.05, 3.63) is 36.4 Å². The molecule has 1 aromatic rings. The second-order valence-corrected chi connectivity index (χ2v) is 2.46. The van der Waals surface area contributed by atoms with E-state index in [1.807, 2.05) is 31.2 Å². The molecule has 0 radical (unpaired) electrons. The van der Waals surface area contributed by atoms with E-state index >= 15 is 0 Å². The first-order valence-corrected chi connectivity index (χ1v) is 3.77. The van der Waals surface area contributed by atoms with Gasteiger partial charge in [-0.05, 0) is 24.6 Å². The molecule has 0 atom stereocenters. The number of nitrogen functional groups attached to an aromatic ring is 1. The molecule has 12 heavy (non-hydrogen) atoms. The maximum atomic E-state index is 5.53. The fourth-order valence-corrected chi connectivity index (χ4v) is 0.906. The Labute approximate surface area is 72.4 Å². The van der Waals surface area contributed by atoms with Crippen LogP contribution in [0.4, 0.5) is 5.69 Å². The van der Waals surface area contributed by atoms with E-state index in [-0.39, 0.29) is 0 Å². The van der Waals surface area contributed by atoms with Crippen molar-refractivity contribution in [3.8, 4) is 0 Å². The lowest BCUT2D eigenvalue weighted by molar-refractivity contribution is 1.52. The highest BCUT2D eigenvalue weighted by atomic mass is 14.7. The second kappa shape index (κ2) is 3.72. The molecule has 0 unspecified atom stereocenters. The Kier molecular flexibility index (Phi) is 2.64. The van der Waals surface area contributed by atoms with E-state index in [2.05, 4.69) is 11.6 Å². The first-order chi connectivity index (χ1) is 5.74. The molecule has 0 heterocycles. The monoisotopic (exact) mass is 160 g/mol. The molecule has 2 nitrogen and oxygen atoms in total. The van der Waals surface area contributed by atoms with Crippen LogP contribution in [0.2, 0.25) is 0 Å². The molecule has 0 bridgehead atoms. The summed E-state index contributed by atoms with van der Waals surface area (Å²) in [5.74, 6) is 0. The Hall–Kier alpha value is -1.57. The number of benzene rings is 1. The zero-order valence-corrected chi connectivity index (χ0v) is 7.12. The number of hydrogen-bond donors (Lipinski definition) is 1. The van der Waals surface area contributed by atoms with E-state index < -0.39 is 0 Å². The van der Waals surface area contributed by atoms with Crippen LogP contribution in [0.15, 0.2) is 35.8 Å². The molecule has 2 heteroatoms. The largest absolute Gasteiger partial charge is 0.399 e. The number of hydrogen-bond acceptors (Lipinski definition) is 2. The van der Waals surface area contributed by atoms with Gasteiger partial charge in [-0.3, -0.25) is 4.99 Å². The summed E-state index contributed by atoms with van der Waals surface area (Å²) in [6, 6.07) is 7.49. The zero-order chi connectivity index (χ0) is 8.97. The quantitative estimate of drug-likeness (QED) is 0.523. The standard InChI is InChI=1S/C10H12N2/c1-3-12-8(2)9-4-6-10(11)7-5-9/h3-7H,2,11H2,1H3. The number of nitrogens with two attached hydrogens (primary N) is 1. The van der Waals surface area contributed by atoms with Gasteiger partial charge in [0, 0.05) is 11.9 Å².